The summed E-state index contributed by atoms with van der Waals surface area (Å²) >= 11 is 0. The van der Waals surface area contributed by atoms with Crippen LogP contribution in [-0.4, -0.2) is 17.9 Å². The van der Waals surface area contributed by atoms with Crippen molar-refractivity contribution in [3.63, 3.8) is 0 Å². The molecule has 2 aromatic rings. The molecule has 0 aliphatic carbocycles. The summed E-state index contributed by atoms with van der Waals surface area (Å²) in [6, 6.07) is 12.0. The number of benzene rings is 2. The molecule has 25 heavy (non-hydrogen) atoms. The van der Waals surface area contributed by atoms with Crippen molar-refractivity contribution in [3.05, 3.63) is 64.7 Å². The molecule has 2 aromatic carbocycles. The molecule has 2 rings (SSSR count). The second-order valence-electron chi connectivity index (χ2n) is 6.54. The van der Waals surface area contributed by atoms with Gasteiger partial charge in [-0.15, -0.1) is 0 Å². The van der Waals surface area contributed by atoms with Gasteiger partial charge in [0, 0.05) is 17.3 Å². The molecule has 0 heterocycles. The molecule has 0 fully saturated rings. The van der Waals surface area contributed by atoms with Crippen molar-refractivity contribution in [2.45, 2.75) is 39.8 Å². The normalized spacial score (nSPS) is 11.9. The van der Waals surface area contributed by atoms with Gasteiger partial charge >= 0.3 is 0 Å². The first-order chi connectivity index (χ1) is 11.8. The van der Waals surface area contributed by atoms with Crippen LogP contribution in [0.15, 0.2) is 42.5 Å². The molecule has 0 aliphatic rings. The molecule has 0 saturated carbocycles. The first-order valence-corrected chi connectivity index (χ1v) is 8.32. The lowest BCUT2D eigenvalue weighted by Gasteiger charge is -2.15. The van der Waals surface area contributed by atoms with Gasteiger partial charge in [-0.3, -0.25) is 9.59 Å². The Morgan fingerprint density at radius 1 is 1.00 bits per heavy atom. The molecular weight excluding hydrogens is 314 g/mol. The maximum Gasteiger partial charge on any atom is 0.251 e. The van der Waals surface area contributed by atoms with Crippen molar-refractivity contribution < 1.29 is 9.59 Å². The summed E-state index contributed by atoms with van der Waals surface area (Å²) in [6.45, 7) is 7.64. The first-order valence-electron chi connectivity index (χ1n) is 8.32. The molecule has 5 heteroatoms. The Kier molecular flexibility index (Phi) is 5.93. The van der Waals surface area contributed by atoms with Crippen LogP contribution in [-0.2, 0) is 4.79 Å². The van der Waals surface area contributed by atoms with Crippen molar-refractivity contribution in [2.24, 2.45) is 5.73 Å². The third-order valence-electron chi connectivity index (χ3n) is 3.89. The summed E-state index contributed by atoms with van der Waals surface area (Å²) < 4.78 is 0. The molecule has 132 valence electrons. The minimum Gasteiger partial charge on any atom is -0.350 e. The molecular formula is C20H25N3O2. The highest BCUT2D eigenvalue weighted by Crippen LogP contribution is 2.18. The quantitative estimate of drug-likeness (QED) is 0.782. The fraction of sp³-hybridized carbons (Fsp3) is 0.300. The molecule has 2 amide bonds. The minimum absolute atomic E-state index is 0.0418. The Balaban J connectivity index is 2.15. The largest absolute Gasteiger partial charge is 0.350 e. The predicted octanol–water partition coefficient (Wildman–Crippen LogP) is 3.08. The second-order valence-corrected chi connectivity index (χ2v) is 6.54. The molecule has 0 spiro atoms. The van der Waals surface area contributed by atoms with Crippen LogP contribution in [0.5, 0.6) is 0 Å². The van der Waals surface area contributed by atoms with E-state index in [9.17, 15) is 9.59 Å². The van der Waals surface area contributed by atoms with Crippen LogP contribution < -0.4 is 16.4 Å². The number of hydrogen-bond donors (Lipinski definition) is 3. The molecule has 1 atom stereocenters. The van der Waals surface area contributed by atoms with Gasteiger partial charge in [0.1, 0.15) is 6.04 Å². The fourth-order valence-corrected chi connectivity index (χ4v) is 2.43. The topological polar surface area (TPSA) is 84.2 Å². The van der Waals surface area contributed by atoms with Gasteiger partial charge in [-0.2, -0.15) is 0 Å². The number of nitrogens with one attached hydrogen (secondary N) is 2. The summed E-state index contributed by atoms with van der Waals surface area (Å²) in [4.78, 5) is 24.7. The number of anilines is 1. The highest BCUT2D eigenvalue weighted by atomic mass is 16.2. The average molecular weight is 339 g/mol. The predicted molar refractivity (Wildman–Crippen MR) is 101 cm³/mol. The lowest BCUT2D eigenvalue weighted by Crippen LogP contribution is -2.31. The zero-order valence-electron chi connectivity index (χ0n) is 15.1. The van der Waals surface area contributed by atoms with Gasteiger partial charge in [0.15, 0.2) is 0 Å². The van der Waals surface area contributed by atoms with E-state index in [0.717, 1.165) is 16.7 Å². The molecule has 0 bridgehead atoms. The molecule has 0 saturated heterocycles. The van der Waals surface area contributed by atoms with Gasteiger partial charge in [-0.05, 0) is 51.0 Å². The molecule has 0 aromatic heterocycles. The van der Waals surface area contributed by atoms with E-state index in [2.05, 4.69) is 10.6 Å². The SMILES string of the molecule is Cc1ccc(C(N)C(=O)Nc2ccc(C)c(C(=O)NC(C)C)c2)cc1. The van der Waals surface area contributed by atoms with Gasteiger partial charge in [0.05, 0.1) is 0 Å². The van der Waals surface area contributed by atoms with E-state index in [0.29, 0.717) is 11.3 Å². The van der Waals surface area contributed by atoms with Crippen molar-refractivity contribution in [3.8, 4) is 0 Å². The van der Waals surface area contributed by atoms with E-state index in [1.165, 1.54) is 0 Å². The first kappa shape index (κ1) is 18.7. The Hall–Kier alpha value is -2.66. The zero-order chi connectivity index (χ0) is 18.6. The highest BCUT2D eigenvalue weighted by Gasteiger charge is 2.17. The van der Waals surface area contributed by atoms with Crippen LogP contribution in [0.1, 0.15) is 46.9 Å². The Morgan fingerprint density at radius 3 is 2.24 bits per heavy atom. The number of nitrogens with two attached hydrogens (primary N) is 1. The number of carbonyl (C=O) groups is 2. The van der Waals surface area contributed by atoms with E-state index in [1.807, 2.05) is 58.0 Å². The number of amides is 2. The fourth-order valence-electron chi connectivity index (χ4n) is 2.43. The monoisotopic (exact) mass is 339 g/mol. The van der Waals surface area contributed by atoms with Crippen molar-refractivity contribution in [1.82, 2.24) is 5.32 Å². The lowest BCUT2D eigenvalue weighted by molar-refractivity contribution is -0.117. The van der Waals surface area contributed by atoms with E-state index < -0.39 is 6.04 Å². The summed E-state index contributed by atoms with van der Waals surface area (Å²) in [5, 5.41) is 5.64. The number of carbonyl (C=O) groups excluding carboxylic acids is 2. The number of aryl methyl sites for hydroxylation is 2. The molecule has 4 N–H and O–H groups in total. The maximum atomic E-state index is 12.4. The molecule has 5 nitrogen and oxygen atoms in total. The zero-order valence-corrected chi connectivity index (χ0v) is 15.1. The van der Waals surface area contributed by atoms with Gasteiger partial charge in [-0.25, -0.2) is 0 Å². The highest BCUT2D eigenvalue weighted by molar-refractivity contribution is 5.99. The standard InChI is InChI=1S/C20H25N3O2/c1-12(2)22-19(24)17-11-16(10-7-14(17)4)23-20(25)18(21)15-8-5-13(3)6-9-15/h5-12,18H,21H2,1-4H3,(H,22,24)(H,23,25). The van der Waals surface area contributed by atoms with Crippen LogP contribution in [0.25, 0.3) is 0 Å². The average Bonchev–Trinajstić information content (AvgIpc) is 2.56. The van der Waals surface area contributed by atoms with Crippen molar-refractivity contribution in [2.75, 3.05) is 5.32 Å². The van der Waals surface area contributed by atoms with Crippen molar-refractivity contribution >= 4 is 17.5 Å². The third kappa shape index (κ3) is 4.90. The van der Waals surface area contributed by atoms with Crippen LogP contribution >= 0.6 is 0 Å². The van der Waals surface area contributed by atoms with Crippen molar-refractivity contribution in [1.29, 1.82) is 0 Å². The molecule has 0 radical (unpaired) electrons. The Labute approximate surface area is 148 Å². The Morgan fingerprint density at radius 2 is 1.64 bits per heavy atom. The van der Waals surface area contributed by atoms with E-state index in [1.54, 1.807) is 12.1 Å². The second kappa shape index (κ2) is 7.94. The third-order valence-corrected chi connectivity index (χ3v) is 3.89. The van der Waals surface area contributed by atoms with Crippen LogP contribution in [0.4, 0.5) is 5.69 Å². The number of rotatable bonds is 5. The Bertz CT molecular complexity index is 767. The van der Waals surface area contributed by atoms with E-state index in [-0.39, 0.29) is 17.9 Å². The van der Waals surface area contributed by atoms with Crippen LogP contribution in [0.3, 0.4) is 0 Å². The summed E-state index contributed by atoms with van der Waals surface area (Å²) in [5.74, 6) is -0.477. The van der Waals surface area contributed by atoms with E-state index >= 15 is 0 Å². The summed E-state index contributed by atoms with van der Waals surface area (Å²) in [5.41, 5.74) is 9.82. The summed E-state index contributed by atoms with van der Waals surface area (Å²) in [6.07, 6.45) is 0. The smallest absolute Gasteiger partial charge is 0.251 e. The molecule has 1 unspecified atom stereocenters. The van der Waals surface area contributed by atoms with Gasteiger partial charge < -0.3 is 16.4 Å². The van der Waals surface area contributed by atoms with Gasteiger partial charge in [0.2, 0.25) is 5.91 Å². The van der Waals surface area contributed by atoms with Crippen LogP contribution in [0, 0.1) is 13.8 Å². The van der Waals surface area contributed by atoms with Gasteiger partial charge in [-0.1, -0.05) is 35.9 Å². The van der Waals surface area contributed by atoms with Gasteiger partial charge in [0.25, 0.3) is 5.91 Å². The minimum atomic E-state index is -0.769. The van der Waals surface area contributed by atoms with E-state index in [4.69, 9.17) is 5.73 Å². The molecule has 0 aliphatic heterocycles. The lowest BCUT2D eigenvalue weighted by atomic mass is 10.0. The summed E-state index contributed by atoms with van der Waals surface area (Å²) in [7, 11) is 0. The number of hydrogen-bond acceptors (Lipinski definition) is 3. The maximum absolute atomic E-state index is 12.4. The van der Waals surface area contributed by atoms with Crippen LogP contribution in [0.2, 0.25) is 0 Å².